The molecule has 0 fully saturated rings. The van der Waals surface area contributed by atoms with Crippen LogP contribution < -0.4 is 0 Å². The van der Waals surface area contributed by atoms with Crippen LogP contribution in [0.5, 0.6) is 0 Å². The van der Waals surface area contributed by atoms with Crippen LogP contribution in [-0.2, 0) is 4.74 Å². The van der Waals surface area contributed by atoms with E-state index in [2.05, 4.69) is 19.1 Å². The topological polar surface area (TPSA) is 9.23 Å². The molecule has 0 bridgehead atoms. The molecule has 0 radical (unpaired) electrons. The summed E-state index contributed by atoms with van der Waals surface area (Å²) in [6, 6.07) is 0. The van der Waals surface area contributed by atoms with E-state index < -0.39 is 0 Å². The minimum absolute atomic E-state index is 0.159. The summed E-state index contributed by atoms with van der Waals surface area (Å²) in [6.07, 6.45) is 14.4. The van der Waals surface area contributed by atoms with Gasteiger partial charge in [0.15, 0.2) is 0 Å². The van der Waals surface area contributed by atoms with Crippen LogP contribution >= 0.6 is 0 Å². The SMILES string of the molecule is CCCC=CC1C=CC=CO1. The monoisotopic (exact) mass is 150 g/mol. The number of rotatable bonds is 3. The van der Waals surface area contributed by atoms with Crippen molar-refractivity contribution in [3.05, 3.63) is 36.6 Å². The Hall–Kier alpha value is -0.980. The lowest BCUT2D eigenvalue weighted by Crippen LogP contribution is -2.03. The molecule has 1 aliphatic heterocycles. The molecule has 1 heteroatoms. The van der Waals surface area contributed by atoms with Gasteiger partial charge in [0.25, 0.3) is 0 Å². The normalized spacial score (nSPS) is 22.5. The van der Waals surface area contributed by atoms with Crippen LogP contribution in [0.4, 0.5) is 0 Å². The Kier molecular flexibility index (Phi) is 3.53. The van der Waals surface area contributed by atoms with Crippen molar-refractivity contribution in [1.29, 1.82) is 0 Å². The smallest absolute Gasteiger partial charge is 0.134 e. The molecule has 1 nitrogen and oxygen atoms in total. The average Bonchev–Trinajstić information content (AvgIpc) is 2.07. The van der Waals surface area contributed by atoms with Gasteiger partial charge in [-0.1, -0.05) is 25.5 Å². The molecule has 60 valence electrons. The number of hydrogen-bond donors (Lipinski definition) is 0. The summed E-state index contributed by atoms with van der Waals surface area (Å²) >= 11 is 0. The molecule has 0 aliphatic carbocycles. The molecule has 1 aliphatic rings. The molecule has 1 rings (SSSR count). The summed E-state index contributed by atoms with van der Waals surface area (Å²) in [5.41, 5.74) is 0. The molecule has 0 saturated heterocycles. The van der Waals surface area contributed by atoms with E-state index in [0.717, 1.165) is 6.42 Å². The Morgan fingerprint density at radius 1 is 1.45 bits per heavy atom. The Morgan fingerprint density at radius 3 is 3.00 bits per heavy atom. The van der Waals surface area contributed by atoms with E-state index in [9.17, 15) is 0 Å². The van der Waals surface area contributed by atoms with Gasteiger partial charge in [-0.3, -0.25) is 0 Å². The first kappa shape index (κ1) is 8.12. The van der Waals surface area contributed by atoms with Gasteiger partial charge < -0.3 is 4.74 Å². The Morgan fingerprint density at radius 2 is 2.36 bits per heavy atom. The average molecular weight is 150 g/mol. The zero-order valence-electron chi connectivity index (χ0n) is 6.86. The Balaban J connectivity index is 2.26. The fourth-order valence-electron chi connectivity index (χ4n) is 0.907. The molecule has 0 N–H and O–H groups in total. The van der Waals surface area contributed by atoms with Crippen LogP contribution in [0.15, 0.2) is 36.6 Å². The van der Waals surface area contributed by atoms with E-state index in [1.807, 2.05) is 18.2 Å². The minimum Gasteiger partial charge on any atom is -0.490 e. The predicted octanol–water partition coefficient (Wildman–Crippen LogP) is 2.81. The van der Waals surface area contributed by atoms with Gasteiger partial charge in [0.05, 0.1) is 6.26 Å². The molecule has 0 aromatic rings. The highest BCUT2D eigenvalue weighted by Crippen LogP contribution is 2.04. The zero-order valence-corrected chi connectivity index (χ0v) is 6.86. The second-order valence-corrected chi connectivity index (χ2v) is 2.53. The van der Waals surface area contributed by atoms with Crippen molar-refractivity contribution in [2.24, 2.45) is 0 Å². The maximum atomic E-state index is 5.27. The molecular formula is C10H14O. The lowest BCUT2D eigenvalue weighted by atomic mass is 10.2. The first-order chi connectivity index (χ1) is 5.43. The second kappa shape index (κ2) is 4.78. The largest absolute Gasteiger partial charge is 0.490 e. The van der Waals surface area contributed by atoms with E-state index in [-0.39, 0.29) is 6.10 Å². The van der Waals surface area contributed by atoms with Crippen LogP contribution in [0.1, 0.15) is 19.8 Å². The van der Waals surface area contributed by atoms with Crippen LogP contribution in [0, 0.1) is 0 Å². The quantitative estimate of drug-likeness (QED) is 0.562. The van der Waals surface area contributed by atoms with E-state index in [0.29, 0.717) is 0 Å². The van der Waals surface area contributed by atoms with Crippen molar-refractivity contribution >= 4 is 0 Å². The van der Waals surface area contributed by atoms with Gasteiger partial charge in [-0.15, -0.1) is 0 Å². The molecule has 0 aromatic heterocycles. The van der Waals surface area contributed by atoms with Crippen LogP contribution in [0.3, 0.4) is 0 Å². The number of ether oxygens (including phenoxy) is 1. The standard InChI is InChI=1S/C10H14O/c1-2-3-4-7-10-8-5-6-9-11-10/h4-10H,2-3H2,1H3. The van der Waals surface area contributed by atoms with Crippen LogP contribution in [-0.4, -0.2) is 6.10 Å². The summed E-state index contributed by atoms with van der Waals surface area (Å²) in [4.78, 5) is 0. The van der Waals surface area contributed by atoms with E-state index in [1.54, 1.807) is 6.26 Å². The molecule has 1 heterocycles. The van der Waals surface area contributed by atoms with Gasteiger partial charge >= 0.3 is 0 Å². The zero-order chi connectivity index (χ0) is 7.94. The van der Waals surface area contributed by atoms with Crippen molar-refractivity contribution in [2.45, 2.75) is 25.9 Å². The molecule has 0 amide bonds. The summed E-state index contributed by atoms with van der Waals surface area (Å²) < 4.78 is 5.27. The van der Waals surface area contributed by atoms with E-state index in [4.69, 9.17) is 4.74 Å². The summed E-state index contributed by atoms with van der Waals surface area (Å²) in [7, 11) is 0. The van der Waals surface area contributed by atoms with E-state index in [1.165, 1.54) is 6.42 Å². The number of allylic oxidation sites excluding steroid dienone is 3. The summed E-state index contributed by atoms with van der Waals surface area (Å²) in [5.74, 6) is 0. The van der Waals surface area contributed by atoms with Crippen molar-refractivity contribution in [3.8, 4) is 0 Å². The molecular weight excluding hydrogens is 136 g/mol. The summed E-state index contributed by atoms with van der Waals surface area (Å²) in [5, 5.41) is 0. The van der Waals surface area contributed by atoms with Crippen LogP contribution in [0.2, 0.25) is 0 Å². The highest BCUT2D eigenvalue weighted by Gasteiger charge is 1.98. The Bertz CT molecular complexity index is 177. The fourth-order valence-corrected chi connectivity index (χ4v) is 0.907. The van der Waals surface area contributed by atoms with Gasteiger partial charge in [0, 0.05) is 0 Å². The minimum atomic E-state index is 0.159. The van der Waals surface area contributed by atoms with Gasteiger partial charge in [0.2, 0.25) is 0 Å². The summed E-state index contributed by atoms with van der Waals surface area (Å²) in [6.45, 7) is 2.17. The van der Waals surface area contributed by atoms with E-state index >= 15 is 0 Å². The predicted molar refractivity (Wildman–Crippen MR) is 47.2 cm³/mol. The molecule has 1 unspecified atom stereocenters. The third-order valence-corrected chi connectivity index (χ3v) is 1.51. The third kappa shape index (κ3) is 3.08. The highest BCUT2D eigenvalue weighted by molar-refractivity contribution is 5.13. The number of unbranched alkanes of at least 4 members (excludes halogenated alkanes) is 1. The Labute approximate surface area is 68.1 Å². The molecule has 0 aromatic carbocycles. The third-order valence-electron chi connectivity index (χ3n) is 1.51. The molecule has 1 atom stereocenters. The fraction of sp³-hybridized carbons (Fsp3) is 0.400. The van der Waals surface area contributed by atoms with Crippen molar-refractivity contribution in [1.82, 2.24) is 0 Å². The lowest BCUT2D eigenvalue weighted by molar-refractivity contribution is 0.224. The van der Waals surface area contributed by atoms with Crippen molar-refractivity contribution < 1.29 is 4.74 Å². The van der Waals surface area contributed by atoms with Crippen molar-refractivity contribution in [3.63, 3.8) is 0 Å². The highest BCUT2D eigenvalue weighted by atomic mass is 16.5. The number of hydrogen-bond acceptors (Lipinski definition) is 1. The van der Waals surface area contributed by atoms with Gasteiger partial charge in [-0.2, -0.15) is 0 Å². The van der Waals surface area contributed by atoms with Gasteiger partial charge in [-0.05, 0) is 24.6 Å². The molecule has 11 heavy (non-hydrogen) atoms. The second-order valence-electron chi connectivity index (χ2n) is 2.53. The first-order valence-electron chi connectivity index (χ1n) is 4.09. The maximum absolute atomic E-state index is 5.27. The first-order valence-corrected chi connectivity index (χ1v) is 4.09. The lowest BCUT2D eigenvalue weighted by Gasteiger charge is -2.09. The van der Waals surface area contributed by atoms with Gasteiger partial charge in [0.1, 0.15) is 6.10 Å². The van der Waals surface area contributed by atoms with Gasteiger partial charge in [-0.25, -0.2) is 0 Å². The molecule has 0 spiro atoms. The van der Waals surface area contributed by atoms with Crippen molar-refractivity contribution in [2.75, 3.05) is 0 Å². The molecule has 0 saturated carbocycles. The van der Waals surface area contributed by atoms with Crippen LogP contribution in [0.25, 0.3) is 0 Å². The maximum Gasteiger partial charge on any atom is 0.134 e.